The van der Waals surface area contributed by atoms with E-state index in [2.05, 4.69) is 23.3 Å². The Morgan fingerprint density at radius 2 is 2.28 bits per heavy atom. The summed E-state index contributed by atoms with van der Waals surface area (Å²) >= 11 is 1.45. The van der Waals surface area contributed by atoms with Crippen molar-refractivity contribution in [1.29, 1.82) is 0 Å². The zero-order valence-electron chi connectivity index (χ0n) is 14.0. The number of hydrogen-bond donors (Lipinski definition) is 1. The molecule has 0 radical (unpaired) electrons. The number of rotatable bonds is 5. The summed E-state index contributed by atoms with van der Waals surface area (Å²) in [5.74, 6) is 0.991. The van der Waals surface area contributed by atoms with Gasteiger partial charge in [-0.2, -0.15) is 0 Å². The Morgan fingerprint density at radius 1 is 1.40 bits per heavy atom. The minimum atomic E-state index is -0.433. The van der Waals surface area contributed by atoms with Gasteiger partial charge >= 0.3 is 0 Å². The van der Waals surface area contributed by atoms with Crippen LogP contribution in [0.5, 0.6) is 5.75 Å². The summed E-state index contributed by atoms with van der Waals surface area (Å²) in [4.78, 5) is 17.0. The van der Waals surface area contributed by atoms with Gasteiger partial charge < -0.3 is 9.47 Å². The molecule has 1 saturated heterocycles. The maximum absolute atomic E-state index is 12.5. The number of fused-ring (bicyclic) bond motifs is 2. The third kappa shape index (κ3) is 3.45. The van der Waals surface area contributed by atoms with Gasteiger partial charge in [-0.25, -0.2) is 4.98 Å². The van der Waals surface area contributed by atoms with Crippen LogP contribution in [0.2, 0.25) is 0 Å². The van der Waals surface area contributed by atoms with Crippen LogP contribution in [-0.2, 0) is 9.53 Å². The first kappa shape index (κ1) is 16.3. The van der Waals surface area contributed by atoms with Crippen molar-refractivity contribution in [3.8, 4) is 5.75 Å². The highest BCUT2D eigenvalue weighted by Crippen LogP contribution is 2.33. The number of aromatic nitrogens is 1. The first-order chi connectivity index (χ1) is 12.2. The molecule has 0 spiro atoms. The fourth-order valence-electron chi connectivity index (χ4n) is 3.11. The van der Waals surface area contributed by atoms with Crippen LogP contribution in [-0.4, -0.2) is 29.7 Å². The highest BCUT2D eigenvalue weighted by Gasteiger charge is 2.37. The standard InChI is InChI=1S/C19H20N2O3S/c1-2-9-23-13-7-8-14-17(11-13)25-19(20-14)21-18(22)16-10-12-5-3-4-6-15(12)24-16/h3-8,11-12,15-16H,2,9-10H2,1H3,(H,20,21,22)/t12-,15+,16+/m1/s1. The van der Waals surface area contributed by atoms with E-state index in [1.54, 1.807) is 0 Å². The highest BCUT2D eigenvalue weighted by molar-refractivity contribution is 7.22. The molecular weight excluding hydrogens is 336 g/mol. The van der Waals surface area contributed by atoms with Crippen molar-refractivity contribution in [1.82, 2.24) is 4.98 Å². The van der Waals surface area contributed by atoms with E-state index in [-0.39, 0.29) is 17.9 Å². The number of ether oxygens (including phenoxy) is 2. The number of thiazole rings is 1. The van der Waals surface area contributed by atoms with Gasteiger partial charge in [-0.05, 0) is 31.0 Å². The molecule has 130 valence electrons. The van der Waals surface area contributed by atoms with Gasteiger partial charge in [-0.15, -0.1) is 0 Å². The Balaban J connectivity index is 1.44. The molecule has 0 unspecified atom stereocenters. The molecule has 1 aromatic heterocycles. The minimum absolute atomic E-state index is 0.00869. The maximum Gasteiger partial charge on any atom is 0.255 e. The number of nitrogens with zero attached hydrogens (tertiary/aromatic N) is 1. The number of hydrogen-bond acceptors (Lipinski definition) is 5. The third-order valence-corrected chi connectivity index (χ3v) is 5.29. The smallest absolute Gasteiger partial charge is 0.255 e. The summed E-state index contributed by atoms with van der Waals surface area (Å²) in [5.41, 5.74) is 0.857. The summed E-state index contributed by atoms with van der Waals surface area (Å²) in [6.45, 7) is 2.77. The molecule has 0 bridgehead atoms. The molecule has 1 aliphatic heterocycles. The molecule has 4 rings (SSSR count). The van der Waals surface area contributed by atoms with Crippen LogP contribution in [0, 0.1) is 5.92 Å². The number of carbonyl (C=O) groups is 1. The highest BCUT2D eigenvalue weighted by atomic mass is 32.1. The topological polar surface area (TPSA) is 60.5 Å². The van der Waals surface area contributed by atoms with Crippen molar-refractivity contribution in [3.63, 3.8) is 0 Å². The Hall–Kier alpha value is -2.18. The second-order valence-corrected chi connectivity index (χ2v) is 7.28. The number of carbonyl (C=O) groups excluding carboxylic acids is 1. The third-order valence-electron chi connectivity index (χ3n) is 4.36. The van der Waals surface area contributed by atoms with E-state index in [1.165, 1.54) is 11.3 Å². The van der Waals surface area contributed by atoms with Gasteiger partial charge in [0.1, 0.15) is 11.9 Å². The Bertz CT molecular complexity index is 822. The van der Waals surface area contributed by atoms with Gasteiger partial charge in [0.05, 0.1) is 22.9 Å². The van der Waals surface area contributed by atoms with E-state index in [1.807, 2.05) is 36.4 Å². The lowest BCUT2D eigenvalue weighted by Gasteiger charge is -2.13. The second-order valence-electron chi connectivity index (χ2n) is 6.24. The van der Waals surface area contributed by atoms with Crippen LogP contribution in [0.3, 0.4) is 0 Å². The van der Waals surface area contributed by atoms with Crippen LogP contribution >= 0.6 is 11.3 Å². The first-order valence-electron chi connectivity index (χ1n) is 8.57. The van der Waals surface area contributed by atoms with E-state index in [4.69, 9.17) is 9.47 Å². The largest absolute Gasteiger partial charge is 0.494 e. The molecule has 2 aliphatic rings. The van der Waals surface area contributed by atoms with Gasteiger partial charge in [0.15, 0.2) is 5.13 Å². The van der Waals surface area contributed by atoms with Crippen LogP contribution in [0.4, 0.5) is 5.13 Å². The summed E-state index contributed by atoms with van der Waals surface area (Å²) in [6, 6.07) is 5.80. The van der Waals surface area contributed by atoms with Crippen LogP contribution in [0.1, 0.15) is 19.8 Å². The molecular formula is C19H20N2O3S. The van der Waals surface area contributed by atoms with Crippen LogP contribution in [0.25, 0.3) is 10.2 Å². The first-order valence-corrected chi connectivity index (χ1v) is 9.39. The van der Waals surface area contributed by atoms with Crippen molar-refractivity contribution in [3.05, 3.63) is 42.5 Å². The fraction of sp³-hybridized carbons (Fsp3) is 0.368. The van der Waals surface area contributed by atoms with Crippen LogP contribution in [0.15, 0.2) is 42.5 Å². The zero-order chi connectivity index (χ0) is 17.2. The molecule has 6 heteroatoms. The molecule has 1 aliphatic carbocycles. The van der Waals surface area contributed by atoms with E-state index >= 15 is 0 Å². The monoisotopic (exact) mass is 356 g/mol. The molecule has 1 N–H and O–H groups in total. The Morgan fingerprint density at radius 3 is 3.12 bits per heavy atom. The SMILES string of the molecule is CCCOc1ccc2nc(NC(=O)[C@@H]3C[C@H]4C=CC=C[C@@H]4O3)sc2c1. The molecule has 3 atom stereocenters. The van der Waals surface area contributed by atoms with Gasteiger partial charge in [0.25, 0.3) is 5.91 Å². The lowest BCUT2D eigenvalue weighted by molar-refractivity contribution is -0.125. The average Bonchev–Trinajstić information content (AvgIpc) is 3.22. The summed E-state index contributed by atoms with van der Waals surface area (Å²) in [7, 11) is 0. The van der Waals surface area contributed by atoms with Crippen molar-refractivity contribution >= 4 is 32.6 Å². The molecule has 1 fully saturated rings. The van der Waals surface area contributed by atoms with Gasteiger partial charge in [0.2, 0.25) is 0 Å². The lowest BCUT2D eigenvalue weighted by Crippen LogP contribution is -2.27. The molecule has 2 aromatic rings. The number of amides is 1. The van der Waals surface area contributed by atoms with Crippen molar-refractivity contribution < 1.29 is 14.3 Å². The van der Waals surface area contributed by atoms with Crippen LogP contribution < -0.4 is 10.1 Å². The molecule has 1 amide bonds. The van der Waals surface area contributed by atoms with Gasteiger partial charge in [-0.3, -0.25) is 10.1 Å². The number of anilines is 1. The molecule has 0 saturated carbocycles. The summed E-state index contributed by atoms with van der Waals surface area (Å²) in [5, 5.41) is 3.49. The molecule has 1 aromatic carbocycles. The fourth-order valence-corrected chi connectivity index (χ4v) is 4.00. The van der Waals surface area contributed by atoms with Crippen molar-refractivity contribution in [2.45, 2.75) is 32.0 Å². The number of allylic oxidation sites excluding steroid dienone is 2. The maximum atomic E-state index is 12.5. The van der Waals surface area contributed by atoms with Crippen molar-refractivity contribution in [2.24, 2.45) is 5.92 Å². The lowest BCUT2D eigenvalue weighted by atomic mass is 9.95. The predicted molar refractivity (Wildman–Crippen MR) is 99.1 cm³/mol. The van der Waals surface area contributed by atoms with E-state index in [0.29, 0.717) is 18.2 Å². The molecule has 2 heterocycles. The second kappa shape index (κ2) is 6.98. The Labute approximate surface area is 150 Å². The Kier molecular flexibility index (Phi) is 4.55. The van der Waals surface area contributed by atoms with Crippen molar-refractivity contribution in [2.75, 3.05) is 11.9 Å². The number of benzene rings is 1. The summed E-state index contributed by atoms with van der Waals surface area (Å²) < 4.78 is 12.5. The molecule has 25 heavy (non-hydrogen) atoms. The number of nitrogens with one attached hydrogen (secondary N) is 1. The van der Waals surface area contributed by atoms with Gasteiger partial charge in [-0.1, -0.05) is 42.6 Å². The quantitative estimate of drug-likeness (QED) is 0.882. The average molecular weight is 356 g/mol. The van der Waals surface area contributed by atoms with E-state index < -0.39 is 6.10 Å². The van der Waals surface area contributed by atoms with E-state index in [0.717, 1.165) is 22.4 Å². The predicted octanol–water partition coefficient (Wildman–Crippen LogP) is 3.92. The summed E-state index contributed by atoms with van der Waals surface area (Å²) in [6.07, 6.45) is 9.34. The molecule has 5 nitrogen and oxygen atoms in total. The van der Waals surface area contributed by atoms with E-state index in [9.17, 15) is 4.79 Å². The van der Waals surface area contributed by atoms with Gasteiger partial charge in [0, 0.05) is 5.92 Å². The zero-order valence-corrected chi connectivity index (χ0v) is 14.8. The normalized spacial score (nSPS) is 24.4. The minimum Gasteiger partial charge on any atom is -0.494 e.